The summed E-state index contributed by atoms with van der Waals surface area (Å²) in [5, 5.41) is 6.76. The molecule has 0 spiro atoms. The molecule has 1 N–H and O–H groups in total. The third kappa shape index (κ3) is 2.49. The van der Waals surface area contributed by atoms with E-state index in [1.165, 1.54) is 0 Å². The Morgan fingerprint density at radius 2 is 2.13 bits per heavy atom. The van der Waals surface area contributed by atoms with E-state index < -0.39 is 0 Å². The van der Waals surface area contributed by atoms with Crippen molar-refractivity contribution < 1.29 is 4.52 Å². The van der Waals surface area contributed by atoms with Crippen LogP contribution >= 0.6 is 0 Å². The van der Waals surface area contributed by atoms with Gasteiger partial charge in [0.2, 0.25) is 5.89 Å². The molecule has 2 rings (SSSR count). The van der Waals surface area contributed by atoms with E-state index in [1.807, 2.05) is 6.92 Å². The standard InChI is InChI=1S/C9H11N5O/c1-6-10-4-3-8(12-6)11-5-9-13-7(2)14-15-9/h3-4H,5H2,1-2H3,(H,10,11,12). The Morgan fingerprint density at radius 3 is 2.80 bits per heavy atom. The van der Waals surface area contributed by atoms with Gasteiger partial charge >= 0.3 is 0 Å². The van der Waals surface area contributed by atoms with Crippen molar-refractivity contribution >= 4 is 5.82 Å². The second-order valence-corrected chi connectivity index (χ2v) is 3.08. The van der Waals surface area contributed by atoms with Crippen LogP contribution < -0.4 is 5.32 Å². The summed E-state index contributed by atoms with van der Waals surface area (Å²) in [6, 6.07) is 1.79. The van der Waals surface area contributed by atoms with Gasteiger partial charge in [0.15, 0.2) is 5.82 Å². The fourth-order valence-electron chi connectivity index (χ4n) is 1.13. The molecular weight excluding hydrogens is 194 g/mol. The van der Waals surface area contributed by atoms with Crippen molar-refractivity contribution in [3.63, 3.8) is 0 Å². The quantitative estimate of drug-likeness (QED) is 0.808. The van der Waals surface area contributed by atoms with Gasteiger partial charge in [0.25, 0.3) is 0 Å². The first-order valence-electron chi connectivity index (χ1n) is 4.57. The normalized spacial score (nSPS) is 10.3. The van der Waals surface area contributed by atoms with Crippen LogP contribution in [0.25, 0.3) is 0 Å². The molecule has 0 radical (unpaired) electrons. The van der Waals surface area contributed by atoms with E-state index >= 15 is 0 Å². The first kappa shape index (κ1) is 9.57. The smallest absolute Gasteiger partial charge is 0.245 e. The molecule has 0 aromatic carbocycles. The lowest BCUT2D eigenvalue weighted by Crippen LogP contribution is -2.02. The molecule has 78 valence electrons. The maximum absolute atomic E-state index is 4.95. The third-order valence-electron chi connectivity index (χ3n) is 1.77. The predicted molar refractivity (Wildman–Crippen MR) is 53.1 cm³/mol. The number of rotatable bonds is 3. The van der Waals surface area contributed by atoms with Gasteiger partial charge in [0.1, 0.15) is 11.6 Å². The monoisotopic (exact) mass is 205 g/mol. The minimum absolute atomic E-state index is 0.470. The maximum atomic E-state index is 4.95. The Morgan fingerprint density at radius 1 is 1.27 bits per heavy atom. The molecule has 15 heavy (non-hydrogen) atoms. The van der Waals surface area contributed by atoms with Gasteiger partial charge in [-0.3, -0.25) is 0 Å². The molecule has 6 nitrogen and oxygen atoms in total. The summed E-state index contributed by atoms with van der Waals surface area (Å²) in [4.78, 5) is 12.2. The summed E-state index contributed by atoms with van der Waals surface area (Å²) < 4.78 is 4.95. The van der Waals surface area contributed by atoms with Gasteiger partial charge in [0, 0.05) is 6.20 Å². The highest BCUT2D eigenvalue weighted by Crippen LogP contribution is 2.04. The topological polar surface area (TPSA) is 76.7 Å². The van der Waals surface area contributed by atoms with Crippen LogP contribution in [-0.4, -0.2) is 20.1 Å². The molecule has 0 amide bonds. The minimum atomic E-state index is 0.470. The van der Waals surface area contributed by atoms with Crippen LogP contribution in [0.5, 0.6) is 0 Å². The molecule has 2 heterocycles. The van der Waals surface area contributed by atoms with Crippen molar-refractivity contribution in [1.29, 1.82) is 0 Å². The van der Waals surface area contributed by atoms with Crippen LogP contribution in [0.2, 0.25) is 0 Å². The zero-order chi connectivity index (χ0) is 10.7. The van der Waals surface area contributed by atoms with Crippen LogP contribution in [0.3, 0.4) is 0 Å². The second-order valence-electron chi connectivity index (χ2n) is 3.08. The molecule has 0 bridgehead atoms. The summed E-state index contributed by atoms with van der Waals surface area (Å²) in [6.45, 7) is 4.08. The molecule has 2 aromatic rings. The Hall–Kier alpha value is -1.98. The number of hydrogen-bond acceptors (Lipinski definition) is 6. The molecule has 0 atom stereocenters. The van der Waals surface area contributed by atoms with Crippen molar-refractivity contribution in [3.8, 4) is 0 Å². The summed E-state index contributed by atoms with van der Waals surface area (Å²) >= 11 is 0. The summed E-state index contributed by atoms with van der Waals surface area (Å²) in [7, 11) is 0. The molecule has 0 saturated heterocycles. The van der Waals surface area contributed by atoms with Gasteiger partial charge in [-0.25, -0.2) is 9.97 Å². The fourth-order valence-corrected chi connectivity index (χ4v) is 1.13. The van der Waals surface area contributed by atoms with Crippen LogP contribution in [-0.2, 0) is 6.54 Å². The molecule has 0 aliphatic heterocycles. The first-order chi connectivity index (χ1) is 7.24. The molecular formula is C9H11N5O. The third-order valence-corrected chi connectivity index (χ3v) is 1.77. The highest BCUT2D eigenvalue weighted by Gasteiger charge is 2.02. The van der Waals surface area contributed by atoms with E-state index in [2.05, 4.69) is 25.4 Å². The van der Waals surface area contributed by atoms with Gasteiger partial charge in [0.05, 0.1) is 6.54 Å². The molecule has 0 unspecified atom stereocenters. The van der Waals surface area contributed by atoms with Gasteiger partial charge in [-0.05, 0) is 19.9 Å². The first-order valence-corrected chi connectivity index (χ1v) is 4.57. The number of hydrogen-bond donors (Lipinski definition) is 1. The van der Waals surface area contributed by atoms with Crippen LogP contribution in [0.4, 0.5) is 5.82 Å². The van der Waals surface area contributed by atoms with E-state index in [0.717, 1.165) is 11.6 Å². The number of aryl methyl sites for hydroxylation is 2. The van der Waals surface area contributed by atoms with E-state index in [9.17, 15) is 0 Å². The molecule has 2 aromatic heterocycles. The zero-order valence-corrected chi connectivity index (χ0v) is 8.56. The van der Waals surface area contributed by atoms with Crippen LogP contribution in [0.1, 0.15) is 17.5 Å². The largest absolute Gasteiger partial charge is 0.361 e. The Kier molecular flexibility index (Phi) is 2.57. The minimum Gasteiger partial charge on any atom is -0.361 e. The lowest BCUT2D eigenvalue weighted by molar-refractivity contribution is 0.379. The zero-order valence-electron chi connectivity index (χ0n) is 8.56. The van der Waals surface area contributed by atoms with Gasteiger partial charge in [-0.15, -0.1) is 0 Å². The fraction of sp³-hybridized carbons (Fsp3) is 0.333. The molecule has 0 saturated carbocycles. The van der Waals surface area contributed by atoms with Crippen LogP contribution in [0.15, 0.2) is 16.8 Å². The van der Waals surface area contributed by atoms with E-state index in [-0.39, 0.29) is 0 Å². The van der Waals surface area contributed by atoms with Crippen molar-refractivity contribution in [2.24, 2.45) is 0 Å². The average molecular weight is 205 g/mol. The molecule has 6 heteroatoms. The van der Waals surface area contributed by atoms with Crippen LogP contribution in [0, 0.1) is 13.8 Å². The lowest BCUT2D eigenvalue weighted by atomic mass is 10.5. The number of anilines is 1. The van der Waals surface area contributed by atoms with Crippen molar-refractivity contribution in [3.05, 3.63) is 29.8 Å². The van der Waals surface area contributed by atoms with E-state index in [1.54, 1.807) is 19.2 Å². The Balaban J connectivity index is 1.99. The molecule has 0 aliphatic carbocycles. The van der Waals surface area contributed by atoms with E-state index in [4.69, 9.17) is 4.52 Å². The molecule has 0 fully saturated rings. The van der Waals surface area contributed by atoms with Gasteiger partial charge in [-0.2, -0.15) is 4.98 Å². The SMILES string of the molecule is Cc1nccc(NCc2nc(C)no2)n1. The number of nitrogens with zero attached hydrogens (tertiary/aromatic N) is 4. The Labute approximate surface area is 86.8 Å². The highest BCUT2D eigenvalue weighted by atomic mass is 16.5. The van der Waals surface area contributed by atoms with Crippen molar-refractivity contribution in [1.82, 2.24) is 20.1 Å². The summed E-state index contributed by atoms with van der Waals surface area (Å²) in [5.41, 5.74) is 0. The second kappa shape index (κ2) is 4.04. The summed E-state index contributed by atoms with van der Waals surface area (Å²) in [5.74, 6) is 2.65. The lowest BCUT2D eigenvalue weighted by Gasteiger charge is -2.01. The predicted octanol–water partition coefficient (Wildman–Crippen LogP) is 1.09. The number of nitrogens with one attached hydrogen (secondary N) is 1. The maximum Gasteiger partial charge on any atom is 0.245 e. The van der Waals surface area contributed by atoms with Gasteiger partial charge < -0.3 is 9.84 Å². The highest BCUT2D eigenvalue weighted by molar-refractivity contribution is 5.32. The Bertz CT molecular complexity index is 453. The van der Waals surface area contributed by atoms with Gasteiger partial charge in [-0.1, -0.05) is 5.16 Å². The average Bonchev–Trinajstić information content (AvgIpc) is 2.62. The van der Waals surface area contributed by atoms with Crippen molar-refractivity contribution in [2.75, 3.05) is 5.32 Å². The number of aromatic nitrogens is 4. The summed E-state index contributed by atoms with van der Waals surface area (Å²) in [6.07, 6.45) is 1.70. The molecule has 0 aliphatic rings. The van der Waals surface area contributed by atoms with E-state index in [0.29, 0.717) is 18.3 Å². The van der Waals surface area contributed by atoms with Crippen molar-refractivity contribution in [2.45, 2.75) is 20.4 Å².